The van der Waals surface area contributed by atoms with Crippen molar-refractivity contribution in [1.82, 2.24) is 9.55 Å². The number of para-hydroxylation sites is 1. The van der Waals surface area contributed by atoms with Gasteiger partial charge in [-0.3, -0.25) is 0 Å². The van der Waals surface area contributed by atoms with Gasteiger partial charge in [-0.1, -0.05) is 24.6 Å². The number of hydrogen-bond donors (Lipinski definition) is 1. The third-order valence-electron chi connectivity index (χ3n) is 2.75. The fourth-order valence-electron chi connectivity index (χ4n) is 2.10. The summed E-state index contributed by atoms with van der Waals surface area (Å²) in [7, 11) is 0. The van der Waals surface area contributed by atoms with Crippen molar-refractivity contribution in [3.05, 3.63) is 29.0 Å². The van der Waals surface area contributed by atoms with Gasteiger partial charge in [0.2, 0.25) is 0 Å². The summed E-state index contributed by atoms with van der Waals surface area (Å²) < 4.78 is 2.20. The number of aromatic nitrogens is 2. The molecule has 1 aromatic heterocycles. The van der Waals surface area contributed by atoms with Gasteiger partial charge < -0.3 is 10.3 Å². The lowest BCUT2D eigenvalue weighted by atomic mass is 10.2. The molecule has 4 heteroatoms. The van der Waals surface area contributed by atoms with Crippen molar-refractivity contribution in [2.45, 2.75) is 39.3 Å². The average molecular weight is 252 g/mol. The van der Waals surface area contributed by atoms with Crippen molar-refractivity contribution in [3.63, 3.8) is 0 Å². The molecule has 1 atom stereocenters. The summed E-state index contributed by atoms with van der Waals surface area (Å²) in [6.07, 6.45) is 1.84. The molecule has 2 rings (SSSR count). The van der Waals surface area contributed by atoms with Crippen LogP contribution in [0.25, 0.3) is 11.0 Å². The maximum absolute atomic E-state index is 6.26. The molecule has 0 aliphatic rings. The highest BCUT2D eigenvalue weighted by Crippen LogP contribution is 2.25. The van der Waals surface area contributed by atoms with Crippen LogP contribution in [0.5, 0.6) is 0 Å². The molecule has 2 N–H and O–H groups in total. The Hall–Kier alpha value is -1.06. The summed E-state index contributed by atoms with van der Waals surface area (Å²) >= 11 is 6.26. The maximum Gasteiger partial charge on any atom is 0.111 e. The van der Waals surface area contributed by atoms with Crippen LogP contribution in [-0.2, 0) is 13.0 Å². The molecule has 0 amide bonds. The van der Waals surface area contributed by atoms with Crippen LogP contribution in [0.15, 0.2) is 18.2 Å². The highest BCUT2D eigenvalue weighted by molar-refractivity contribution is 6.35. The Kier molecular flexibility index (Phi) is 3.69. The lowest BCUT2D eigenvalue weighted by Gasteiger charge is -2.10. The Bertz CT molecular complexity index is 517. The average Bonchev–Trinajstić information content (AvgIpc) is 2.58. The Morgan fingerprint density at radius 2 is 2.24 bits per heavy atom. The van der Waals surface area contributed by atoms with Crippen LogP contribution in [0.4, 0.5) is 0 Å². The van der Waals surface area contributed by atoms with Gasteiger partial charge in [0.1, 0.15) is 5.82 Å². The third-order valence-corrected chi connectivity index (χ3v) is 3.05. The molecule has 0 fully saturated rings. The van der Waals surface area contributed by atoms with Gasteiger partial charge in [0, 0.05) is 19.0 Å². The first kappa shape index (κ1) is 12.4. The van der Waals surface area contributed by atoms with Crippen molar-refractivity contribution >= 4 is 22.6 Å². The quantitative estimate of drug-likeness (QED) is 0.908. The van der Waals surface area contributed by atoms with E-state index in [1.54, 1.807) is 0 Å². The highest BCUT2D eigenvalue weighted by atomic mass is 35.5. The van der Waals surface area contributed by atoms with Gasteiger partial charge >= 0.3 is 0 Å². The van der Waals surface area contributed by atoms with Crippen LogP contribution in [0.3, 0.4) is 0 Å². The number of hydrogen-bond acceptors (Lipinski definition) is 2. The summed E-state index contributed by atoms with van der Waals surface area (Å²) in [4.78, 5) is 4.63. The minimum absolute atomic E-state index is 0.112. The third kappa shape index (κ3) is 2.45. The van der Waals surface area contributed by atoms with Gasteiger partial charge in [-0.15, -0.1) is 0 Å². The first-order valence-electron chi connectivity index (χ1n) is 6.02. The van der Waals surface area contributed by atoms with Gasteiger partial charge in [0.05, 0.1) is 16.1 Å². The zero-order valence-corrected chi connectivity index (χ0v) is 11.0. The van der Waals surface area contributed by atoms with E-state index in [9.17, 15) is 0 Å². The SMILES string of the molecule is CCCn1c(CC(C)N)nc2cccc(Cl)c21. The molecule has 0 saturated heterocycles. The first-order chi connectivity index (χ1) is 8.13. The van der Waals surface area contributed by atoms with E-state index < -0.39 is 0 Å². The van der Waals surface area contributed by atoms with E-state index in [1.807, 2.05) is 25.1 Å². The van der Waals surface area contributed by atoms with Crippen LogP contribution in [0.2, 0.25) is 5.02 Å². The standard InChI is InChI=1S/C13H18ClN3/c1-3-7-17-12(8-9(2)15)16-11-6-4-5-10(14)13(11)17/h4-6,9H,3,7-8,15H2,1-2H3. The molecule has 0 radical (unpaired) electrons. The number of imidazole rings is 1. The monoisotopic (exact) mass is 251 g/mol. The van der Waals surface area contributed by atoms with Crippen LogP contribution >= 0.6 is 11.6 Å². The Morgan fingerprint density at radius 1 is 1.47 bits per heavy atom. The smallest absolute Gasteiger partial charge is 0.111 e. The first-order valence-corrected chi connectivity index (χ1v) is 6.40. The normalized spacial score (nSPS) is 13.2. The molecule has 2 aromatic rings. The van der Waals surface area contributed by atoms with E-state index in [2.05, 4.69) is 16.5 Å². The number of rotatable bonds is 4. The Labute approximate surface area is 107 Å². The van der Waals surface area contributed by atoms with E-state index in [0.29, 0.717) is 0 Å². The molecule has 0 saturated carbocycles. The topological polar surface area (TPSA) is 43.8 Å². The second kappa shape index (κ2) is 5.07. The molecule has 0 aliphatic heterocycles. The summed E-state index contributed by atoms with van der Waals surface area (Å²) in [5.74, 6) is 1.03. The second-order valence-electron chi connectivity index (χ2n) is 4.47. The predicted octanol–water partition coefficient (Wildman–Crippen LogP) is 2.99. The van der Waals surface area contributed by atoms with Gasteiger partial charge in [-0.25, -0.2) is 4.98 Å². The molecule has 1 unspecified atom stereocenters. The molecular weight excluding hydrogens is 234 g/mol. The second-order valence-corrected chi connectivity index (χ2v) is 4.88. The van der Waals surface area contributed by atoms with Gasteiger partial charge in [-0.2, -0.15) is 0 Å². The highest BCUT2D eigenvalue weighted by Gasteiger charge is 2.13. The molecule has 0 aliphatic carbocycles. The van der Waals surface area contributed by atoms with E-state index in [1.165, 1.54) is 0 Å². The predicted molar refractivity (Wildman–Crippen MR) is 72.4 cm³/mol. The fourth-order valence-corrected chi connectivity index (χ4v) is 2.37. The van der Waals surface area contributed by atoms with Crippen LogP contribution < -0.4 is 5.73 Å². The van der Waals surface area contributed by atoms with E-state index in [0.717, 1.165) is 41.3 Å². The van der Waals surface area contributed by atoms with Crippen LogP contribution in [0, 0.1) is 0 Å². The number of nitrogens with two attached hydrogens (primary N) is 1. The lowest BCUT2D eigenvalue weighted by Crippen LogP contribution is -2.20. The van der Waals surface area contributed by atoms with Gasteiger partial charge in [0.15, 0.2) is 0 Å². The molecular formula is C13H18ClN3. The number of nitrogens with zero attached hydrogens (tertiary/aromatic N) is 2. The molecule has 3 nitrogen and oxygen atoms in total. The van der Waals surface area contributed by atoms with Gasteiger partial charge in [0.25, 0.3) is 0 Å². The molecule has 1 aromatic carbocycles. The summed E-state index contributed by atoms with van der Waals surface area (Å²) in [6.45, 7) is 5.08. The van der Waals surface area contributed by atoms with Crippen LogP contribution in [0.1, 0.15) is 26.1 Å². The van der Waals surface area contributed by atoms with E-state index in [4.69, 9.17) is 17.3 Å². The maximum atomic E-state index is 6.26. The molecule has 0 bridgehead atoms. The number of aryl methyl sites for hydroxylation is 1. The minimum Gasteiger partial charge on any atom is -0.328 e. The zero-order chi connectivity index (χ0) is 12.4. The lowest BCUT2D eigenvalue weighted by molar-refractivity contribution is 0.616. The minimum atomic E-state index is 0.112. The van der Waals surface area contributed by atoms with Crippen molar-refractivity contribution in [3.8, 4) is 0 Å². The van der Waals surface area contributed by atoms with Crippen molar-refractivity contribution in [1.29, 1.82) is 0 Å². The zero-order valence-electron chi connectivity index (χ0n) is 10.3. The van der Waals surface area contributed by atoms with Crippen molar-refractivity contribution in [2.75, 3.05) is 0 Å². The summed E-state index contributed by atoms with van der Waals surface area (Å²) in [6, 6.07) is 5.95. The number of fused-ring (bicyclic) bond motifs is 1. The number of halogens is 1. The summed E-state index contributed by atoms with van der Waals surface area (Å²) in [5, 5.41) is 0.763. The van der Waals surface area contributed by atoms with E-state index >= 15 is 0 Å². The van der Waals surface area contributed by atoms with Crippen LogP contribution in [-0.4, -0.2) is 15.6 Å². The molecule has 92 valence electrons. The molecule has 0 spiro atoms. The fraction of sp³-hybridized carbons (Fsp3) is 0.462. The Morgan fingerprint density at radius 3 is 2.88 bits per heavy atom. The van der Waals surface area contributed by atoms with Gasteiger partial charge in [-0.05, 0) is 25.5 Å². The van der Waals surface area contributed by atoms with Crippen molar-refractivity contribution in [2.24, 2.45) is 5.73 Å². The Balaban J connectivity index is 2.58. The largest absolute Gasteiger partial charge is 0.328 e. The molecule has 1 heterocycles. The van der Waals surface area contributed by atoms with E-state index in [-0.39, 0.29) is 6.04 Å². The number of benzene rings is 1. The molecule has 17 heavy (non-hydrogen) atoms. The summed E-state index contributed by atoms with van der Waals surface area (Å²) in [5.41, 5.74) is 7.86. The van der Waals surface area contributed by atoms with Crippen molar-refractivity contribution < 1.29 is 0 Å².